The smallest absolute Gasteiger partial charge is 0.404 e. The molecule has 4 N–H and O–H groups in total. The summed E-state index contributed by atoms with van der Waals surface area (Å²) >= 11 is 6.51. The lowest BCUT2D eigenvalue weighted by atomic mass is 9.96. The number of aromatic nitrogens is 1. The summed E-state index contributed by atoms with van der Waals surface area (Å²) in [5, 5.41) is 31.0. The SMILES string of the molecule is CCSC(C1=CC(C)(OC(=O)CC(O)(CC(=O)O)C(=O)O)N(CCN(C)CCNc2ccnc3cc(Cl)ccc23)C1=O)C(F)(F)F. The van der Waals surface area contributed by atoms with Crippen LogP contribution in [0.2, 0.25) is 5.02 Å². The predicted octanol–water partition coefficient (Wildman–Crippen LogP) is 3.62. The van der Waals surface area contributed by atoms with Crippen LogP contribution < -0.4 is 5.32 Å². The van der Waals surface area contributed by atoms with E-state index in [-0.39, 0.29) is 18.8 Å². The van der Waals surface area contributed by atoms with E-state index in [1.165, 1.54) is 13.8 Å². The first-order valence-electron chi connectivity index (χ1n) is 14.0. The van der Waals surface area contributed by atoms with Gasteiger partial charge in [0.1, 0.15) is 5.25 Å². The molecule has 0 saturated carbocycles. The van der Waals surface area contributed by atoms with Crippen LogP contribution in [-0.4, -0.2) is 116 Å². The minimum atomic E-state index is -4.82. The fourth-order valence-electron chi connectivity index (χ4n) is 4.92. The number of carboxylic acid groups (broad SMARTS) is 2. The van der Waals surface area contributed by atoms with Crippen molar-refractivity contribution < 1.29 is 52.4 Å². The second-order valence-electron chi connectivity index (χ2n) is 10.8. The van der Waals surface area contributed by atoms with Crippen LogP contribution >= 0.6 is 23.4 Å². The number of hydrogen-bond donors (Lipinski definition) is 4. The van der Waals surface area contributed by atoms with Crippen molar-refractivity contribution >= 4 is 63.8 Å². The van der Waals surface area contributed by atoms with Gasteiger partial charge in [-0.3, -0.25) is 24.3 Å². The number of amides is 1. The highest BCUT2D eigenvalue weighted by molar-refractivity contribution is 8.00. The third-order valence-corrected chi connectivity index (χ3v) is 8.61. The van der Waals surface area contributed by atoms with Gasteiger partial charge < -0.3 is 30.3 Å². The highest BCUT2D eigenvalue weighted by Gasteiger charge is 2.53. The second kappa shape index (κ2) is 14.9. The molecule has 0 saturated heterocycles. The number of carboxylic acids is 2. The van der Waals surface area contributed by atoms with Crippen LogP contribution in [0.5, 0.6) is 0 Å². The number of esters is 1. The number of aliphatic carboxylic acids is 2. The number of thioether (sulfide) groups is 1. The monoisotopic (exact) mass is 690 g/mol. The zero-order valence-electron chi connectivity index (χ0n) is 25.1. The maximum absolute atomic E-state index is 14.0. The Bertz CT molecular complexity index is 1510. The van der Waals surface area contributed by atoms with Gasteiger partial charge in [-0.1, -0.05) is 18.5 Å². The number of ether oxygens (including phenoxy) is 1. The molecule has 1 aliphatic rings. The van der Waals surface area contributed by atoms with E-state index >= 15 is 0 Å². The van der Waals surface area contributed by atoms with Crippen molar-refractivity contribution in [3.05, 3.63) is 47.1 Å². The average molecular weight is 691 g/mol. The molecule has 252 valence electrons. The zero-order chi connectivity index (χ0) is 34.4. The first-order valence-corrected chi connectivity index (χ1v) is 15.4. The predicted molar refractivity (Wildman–Crippen MR) is 164 cm³/mol. The van der Waals surface area contributed by atoms with Crippen LogP contribution in [0.4, 0.5) is 18.9 Å². The van der Waals surface area contributed by atoms with E-state index in [4.69, 9.17) is 21.4 Å². The van der Waals surface area contributed by atoms with Crippen LogP contribution in [0.15, 0.2) is 42.1 Å². The molecule has 1 aromatic heterocycles. The number of fused-ring (bicyclic) bond motifs is 1. The van der Waals surface area contributed by atoms with Crippen LogP contribution in [0.3, 0.4) is 0 Å². The van der Waals surface area contributed by atoms with Crippen molar-refractivity contribution in [2.24, 2.45) is 0 Å². The number of carbonyl (C=O) groups is 4. The molecule has 3 atom stereocenters. The summed E-state index contributed by atoms with van der Waals surface area (Å²) in [5.74, 6) is -6.18. The molecule has 2 aromatic rings. The Hall–Kier alpha value is -3.60. The molecule has 0 radical (unpaired) electrons. The summed E-state index contributed by atoms with van der Waals surface area (Å²) in [6.45, 7) is 3.44. The van der Waals surface area contributed by atoms with Gasteiger partial charge in [0.05, 0.1) is 18.4 Å². The lowest BCUT2D eigenvalue weighted by Gasteiger charge is -2.35. The second-order valence-corrected chi connectivity index (χ2v) is 12.6. The Morgan fingerprint density at radius 1 is 1.20 bits per heavy atom. The fourth-order valence-corrected chi connectivity index (χ4v) is 5.95. The molecule has 0 aliphatic carbocycles. The maximum Gasteiger partial charge on any atom is 0.404 e. The fraction of sp³-hybridized carbons (Fsp3) is 0.483. The average Bonchev–Trinajstić information content (AvgIpc) is 3.17. The Kier molecular flexibility index (Phi) is 11.9. The number of carbonyl (C=O) groups excluding carboxylic acids is 2. The quantitative estimate of drug-likeness (QED) is 0.189. The molecule has 3 rings (SSSR count). The molecule has 3 unspecified atom stereocenters. The molecular formula is C29H34ClF3N4O8S. The summed E-state index contributed by atoms with van der Waals surface area (Å²) in [6, 6.07) is 7.08. The molecular weight excluding hydrogens is 657 g/mol. The molecule has 0 fully saturated rings. The highest BCUT2D eigenvalue weighted by atomic mass is 35.5. The first-order chi connectivity index (χ1) is 21.4. The minimum Gasteiger partial charge on any atom is -0.481 e. The van der Waals surface area contributed by atoms with Gasteiger partial charge in [0.2, 0.25) is 5.72 Å². The van der Waals surface area contributed by atoms with Gasteiger partial charge in [-0.25, -0.2) is 4.79 Å². The largest absolute Gasteiger partial charge is 0.481 e. The molecule has 12 nitrogen and oxygen atoms in total. The zero-order valence-corrected chi connectivity index (χ0v) is 26.7. The van der Waals surface area contributed by atoms with Crippen molar-refractivity contribution in [1.82, 2.24) is 14.8 Å². The normalized spacial score (nSPS) is 18.8. The summed E-state index contributed by atoms with van der Waals surface area (Å²) in [5.41, 5.74) is -4.32. The summed E-state index contributed by atoms with van der Waals surface area (Å²) in [7, 11) is 1.72. The van der Waals surface area contributed by atoms with E-state index in [0.717, 1.165) is 22.0 Å². The van der Waals surface area contributed by atoms with E-state index in [9.17, 15) is 42.6 Å². The van der Waals surface area contributed by atoms with Gasteiger partial charge in [0, 0.05) is 54.0 Å². The van der Waals surface area contributed by atoms with Gasteiger partial charge in [-0.05, 0) is 50.1 Å². The molecule has 1 aliphatic heterocycles. The summed E-state index contributed by atoms with van der Waals surface area (Å²) in [4.78, 5) is 55.9. The summed E-state index contributed by atoms with van der Waals surface area (Å²) in [6.07, 6.45) is -5.00. The number of rotatable bonds is 16. The number of nitrogens with one attached hydrogen (secondary N) is 1. The lowest BCUT2D eigenvalue weighted by molar-refractivity contribution is -0.183. The van der Waals surface area contributed by atoms with Crippen molar-refractivity contribution in [3.63, 3.8) is 0 Å². The lowest BCUT2D eigenvalue weighted by Crippen LogP contribution is -2.51. The molecule has 0 bridgehead atoms. The van der Waals surface area contributed by atoms with Crippen molar-refractivity contribution in [2.45, 2.75) is 49.4 Å². The van der Waals surface area contributed by atoms with Gasteiger partial charge in [0.15, 0.2) is 5.60 Å². The molecule has 17 heteroatoms. The molecule has 1 aromatic carbocycles. The summed E-state index contributed by atoms with van der Waals surface area (Å²) < 4.78 is 47.3. The van der Waals surface area contributed by atoms with Crippen LogP contribution in [0.25, 0.3) is 10.9 Å². The van der Waals surface area contributed by atoms with Gasteiger partial charge >= 0.3 is 24.1 Å². The number of alkyl halides is 3. The minimum absolute atomic E-state index is 0.0155. The Morgan fingerprint density at radius 2 is 1.89 bits per heavy atom. The van der Waals surface area contributed by atoms with E-state index in [2.05, 4.69) is 10.3 Å². The van der Waals surface area contributed by atoms with E-state index in [1.807, 2.05) is 6.07 Å². The first kappa shape index (κ1) is 36.9. The standard InChI is InChI=1S/C29H34ClF3N4O8S/c1-4-46-24(29(31,32)33)19-14-27(2,45-23(40)16-28(44,26(42)43)15-22(38)39)37(25(19)41)12-11-36(3)10-9-35-20-7-8-34-21-13-17(30)5-6-18(20)21/h5-8,13-14,24,44H,4,9-12,15-16H2,1-3H3,(H,34,35)(H,38,39)(H,42,43). The third kappa shape index (κ3) is 9.02. The highest BCUT2D eigenvalue weighted by Crippen LogP contribution is 2.42. The number of aliphatic hydroxyl groups is 1. The van der Waals surface area contributed by atoms with E-state index in [0.29, 0.717) is 35.4 Å². The van der Waals surface area contributed by atoms with E-state index < -0.39 is 65.0 Å². The number of halogens is 4. The molecule has 46 heavy (non-hydrogen) atoms. The molecule has 1 amide bonds. The van der Waals surface area contributed by atoms with Crippen molar-refractivity contribution in [3.8, 4) is 0 Å². The van der Waals surface area contributed by atoms with Gasteiger partial charge in [-0.15, -0.1) is 11.8 Å². The Morgan fingerprint density at radius 3 is 2.50 bits per heavy atom. The maximum atomic E-state index is 14.0. The van der Waals surface area contributed by atoms with Gasteiger partial charge in [0.25, 0.3) is 5.91 Å². The van der Waals surface area contributed by atoms with Crippen LogP contribution in [0.1, 0.15) is 26.7 Å². The Balaban J connectivity index is 1.77. The Labute approximate surface area is 271 Å². The number of likely N-dealkylation sites (N-methyl/N-ethyl adjacent to an activating group) is 1. The van der Waals surface area contributed by atoms with Crippen LogP contribution in [-0.2, 0) is 23.9 Å². The number of nitrogens with zero attached hydrogens (tertiary/aromatic N) is 3. The van der Waals surface area contributed by atoms with Crippen molar-refractivity contribution in [2.75, 3.05) is 44.3 Å². The van der Waals surface area contributed by atoms with Gasteiger partial charge in [-0.2, -0.15) is 13.2 Å². The number of anilines is 1. The third-order valence-electron chi connectivity index (χ3n) is 7.18. The number of benzene rings is 1. The van der Waals surface area contributed by atoms with E-state index in [1.54, 1.807) is 36.3 Å². The number of pyridine rings is 1. The van der Waals surface area contributed by atoms with Crippen LogP contribution in [0, 0.1) is 0 Å². The van der Waals surface area contributed by atoms with Crippen molar-refractivity contribution in [1.29, 1.82) is 0 Å². The molecule has 0 spiro atoms. The topological polar surface area (TPSA) is 170 Å². The molecule has 2 heterocycles. The number of hydrogen-bond acceptors (Lipinski definition) is 10.